The lowest BCUT2D eigenvalue weighted by molar-refractivity contribution is -0.144. The van der Waals surface area contributed by atoms with Crippen LogP contribution < -0.4 is 0 Å². The minimum atomic E-state index is -0.229. The minimum absolute atomic E-state index is 0.0856. The summed E-state index contributed by atoms with van der Waals surface area (Å²) in [5.74, 6) is 0.369. The Morgan fingerprint density at radius 2 is 1.90 bits per heavy atom. The van der Waals surface area contributed by atoms with Crippen LogP contribution in [0.15, 0.2) is 0 Å². The van der Waals surface area contributed by atoms with Gasteiger partial charge in [0.1, 0.15) is 6.61 Å². The van der Waals surface area contributed by atoms with Crippen molar-refractivity contribution in [1.82, 2.24) is 4.90 Å². The van der Waals surface area contributed by atoms with Crippen molar-refractivity contribution in [2.75, 3.05) is 13.2 Å². The van der Waals surface area contributed by atoms with Gasteiger partial charge in [-0.05, 0) is 46.0 Å². The number of aliphatic hydroxyl groups is 1. The lowest BCUT2D eigenvalue weighted by Gasteiger charge is -2.43. The topological polar surface area (TPSA) is 49.8 Å². The first-order chi connectivity index (χ1) is 9.59. The molecule has 1 saturated carbocycles. The van der Waals surface area contributed by atoms with Crippen LogP contribution in [0, 0.1) is 5.92 Å². The molecule has 0 spiro atoms. The predicted octanol–water partition coefficient (Wildman–Crippen LogP) is 2.34. The number of hydrogen-bond donors (Lipinski definition) is 1. The van der Waals surface area contributed by atoms with Crippen molar-refractivity contribution < 1.29 is 14.6 Å². The van der Waals surface area contributed by atoms with Crippen molar-refractivity contribution >= 4 is 5.91 Å². The van der Waals surface area contributed by atoms with Crippen molar-refractivity contribution in [3.8, 4) is 0 Å². The number of nitrogens with zero attached hydrogens (tertiary/aromatic N) is 1. The zero-order valence-electron chi connectivity index (χ0n) is 12.9. The second kappa shape index (κ2) is 7.41. The fraction of sp³-hybridized carbons (Fsp3) is 0.938. The Hall–Kier alpha value is -0.610. The highest BCUT2D eigenvalue weighted by molar-refractivity contribution is 5.78. The highest BCUT2D eigenvalue weighted by Gasteiger charge is 2.37. The molecule has 1 saturated heterocycles. The van der Waals surface area contributed by atoms with Gasteiger partial charge in [-0.2, -0.15) is 0 Å². The molecule has 2 rings (SSSR count). The molecule has 1 aliphatic heterocycles. The maximum Gasteiger partial charge on any atom is 0.248 e. The Labute approximate surface area is 122 Å². The Morgan fingerprint density at radius 3 is 2.60 bits per heavy atom. The van der Waals surface area contributed by atoms with Crippen LogP contribution in [0.1, 0.15) is 58.8 Å². The predicted molar refractivity (Wildman–Crippen MR) is 78.4 cm³/mol. The van der Waals surface area contributed by atoms with Crippen LogP contribution in [0.5, 0.6) is 0 Å². The van der Waals surface area contributed by atoms with Gasteiger partial charge in [-0.1, -0.05) is 12.8 Å². The third-order valence-corrected chi connectivity index (χ3v) is 4.69. The molecule has 1 amide bonds. The number of rotatable bonds is 4. The summed E-state index contributed by atoms with van der Waals surface area (Å²) in [6, 6.07) is 0.224. The van der Waals surface area contributed by atoms with E-state index in [0.717, 1.165) is 38.6 Å². The summed E-state index contributed by atoms with van der Waals surface area (Å²) in [6.45, 7) is 4.91. The van der Waals surface area contributed by atoms with Crippen LogP contribution in [0.3, 0.4) is 0 Å². The smallest absolute Gasteiger partial charge is 0.248 e. The lowest BCUT2D eigenvalue weighted by Crippen LogP contribution is -2.52. The van der Waals surface area contributed by atoms with Gasteiger partial charge < -0.3 is 14.7 Å². The van der Waals surface area contributed by atoms with Gasteiger partial charge in [-0.15, -0.1) is 0 Å². The number of hydrogen-bond acceptors (Lipinski definition) is 3. The SMILES string of the molecule is CC(C)OCC(=O)N1CCCCC1C1CCCCC1O. The number of piperidine rings is 1. The normalized spacial score (nSPS) is 31.6. The Morgan fingerprint density at radius 1 is 1.20 bits per heavy atom. The molecule has 4 heteroatoms. The molecule has 0 radical (unpaired) electrons. The maximum atomic E-state index is 12.4. The van der Waals surface area contributed by atoms with Crippen LogP contribution in [-0.4, -0.2) is 47.3 Å². The first-order valence-electron chi connectivity index (χ1n) is 8.18. The maximum absolute atomic E-state index is 12.4. The van der Waals surface area contributed by atoms with E-state index in [0.29, 0.717) is 0 Å². The summed E-state index contributed by atoms with van der Waals surface area (Å²) in [7, 11) is 0. The van der Waals surface area contributed by atoms with Crippen LogP contribution in [0.4, 0.5) is 0 Å². The van der Waals surface area contributed by atoms with E-state index < -0.39 is 0 Å². The molecular weight excluding hydrogens is 254 g/mol. The van der Waals surface area contributed by atoms with E-state index in [1.54, 1.807) is 0 Å². The summed E-state index contributed by atoms with van der Waals surface area (Å²) >= 11 is 0. The van der Waals surface area contributed by atoms with Crippen molar-refractivity contribution in [3.63, 3.8) is 0 Å². The zero-order valence-corrected chi connectivity index (χ0v) is 12.9. The summed E-state index contributed by atoms with van der Waals surface area (Å²) in [5, 5.41) is 10.3. The zero-order chi connectivity index (χ0) is 14.5. The number of amides is 1. The van der Waals surface area contributed by atoms with Gasteiger partial charge in [0, 0.05) is 18.5 Å². The van der Waals surface area contributed by atoms with Gasteiger partial charge in [0.2, 0.25) is 5.91 Å². The average molecular weight is 283 g/mol. The monoisotopic (exact) mass is 283 g/mol. The van der Waals surface area contributed by atoms with Gasteiger partial charge in [0.15, 0.2) is 0 Å². The summed E-state index contributed by atoms with van der Waals surface area (Å²) in [4.78, 5) is 14.4. The van der Waals surface area contributed by atoms with Gasteiger partial charge >= 0.3 is 0 Å². The van der Waals surface area contributed by atoms with Crippen molar-refractivity contribution in [1.29, 1.82) is 0 Å². The van der Waals surface area contributed by atoms with Gasteiger partial charge in [-0.25, -0.2) is 0 Å². The molecule has 0 aromatic heterocycles. The Balaban J connectivity index is 1.98. The molecule has 1 aliphatic carbocycles. The fourth-order valence-corrected chi connectivity index (χ4v) is 3.62. The number of aliphatic hydroxyl groups excluding tert-OH is 1. The van der Waals surface area contributed by atoms with Crippen LogP contribution in [-0.2, 0) is 9.53 Å². The number of carbonyl (C=O) groups excluding carboxylic acids is 1. The van der Waals surface area contributed by atoms with Crippen LogP contribution in [0.25, 0.3) is 0 Å². The van der Waals surface area contributed by atoms with E-state index >= 15 is 0 Å². The molecule has 1 heterocycles. The van der Waals surface area contributed by atoms with E-state index in [9.17, 15) is 9.90 Å². The average Bonchev–Trinajstić information content (AvgIpc) is 2.45. The number of likely N-dealkylation sites (tertiary alicyclic amines) is 1. The standard InChI is InChI=1S/C16H29NO3/c1-12(2)20-11-16(19)17-10-6-5-8-14(17)13-7-3-4-9-15(13)18/h12-15,18H,3-11H2,1-2H3. The molecule has 116 valence electrons. The number of ether oxygens (including phenoxy) is 1. The van der Waals surface area contributed by atoms with Crippen LogP contribution >= 0.6 is 0 Å². The first-order valence-corrected chi connectivity index (χ1v) is 8.18. The quantitative estimate of drug-likeness (QED) is 0.861. The fourth-order valence-electron chi connectivity index (χ4n) is 3.62. The highest BCUT2D eigenvalue weighted by atomic mass is 16.5. The van der Waals surface area contributed by atoms with Gasteiger partial charge in [-0.3, -0.25) is 4.79 Å². The van der Waals surface area contributed by atoms with E-state index in [-0.39, 0.29) is 36.7 Å². The Bertz CT molecular complexity index is 319. The molecule has 3 atom stereocenters. The van der Waals surface area contributed by atoms with Gasteiger partial charge in [0.05, 0.1) is 12.2 Å². The van der Waals surface area contributed by atoms with E-state index in [2.05, 4.69) is 0 Å². The third-order valence-electron chi connectivity index (χ3n) is 4.69. The van der Waals surface area contributed by atoms with E-state index in [4.69, 9.17) is 4.74 Å². The Kier molecular flexibility index (Phi) is 5.85. The third kappa shape index (κ3) is 3.95. The molecule has 20 heavy (non-hydrogen) atoms. The largest absolute Gasteiger partial charge is 0.393 e. The van der Waals surface area contributed by atoms with E-state index in [1.807, 2.05) is 18.7 Å². The van der Waals surface area contributed by atoms with Crippen LogP contribution in [0.2, 0.25) is 0 Å². The molecule has 2 aliphatic rings. The lowest BCUT2D eigenvalue weighted by atomic mass is 9.78. The first kappa shape index (κ1) is 15.8. The molecule has 3 unspecified atom stereocenters. The van der Waals surface area contributed by atoms with Crippen molar-refractivity contribution in [3.05, 3.63) is 0 Å². The molecule has 0 aromatic carbocycles. The molecular formula is C16H29NO3. The molecule has 0 aromatic rings. The van der Waals surface area contributed by atoms with Crippen molar-refractivity contribution in [2.45, 2.75) is 77.0 Å². The van der Waals surface area contributed by atoms with E-state index in [1.165, 1.54) is 12.8 Å². The molecule has 0 bridgehead atoms. The second-order valence-corrected chi connectivity index (χ2v) is 6.53. The summed E-state index contributed by atoms with van der Waals surface area (Å²) < 4.78 is 5.47. The molecule has 4 nitrogen and oxygen atoms in total. The minimum Gasteiger partial charge on any atom is -0.393 e. The van der Waals surface area contributed by atoms with Crippen molar-refractivity contribution in [2.24, 2.45) is 5.92 Å². The highest BCUT2D eigenvalue weighted by Crippen LogP contribution is 2.34. The van der Waals surface area contributed by atoms with Gasteiger partial charge in [0.25, 0.3) is 0 Å². The molecule has 2 fully saturated rings. The number of carbonyl (C=O) groups is 1. The molecule has 1 N–H and O–H groups in total. The summed E-state index contributed by atoms with van der Waals surface area (Å²) in [6.07, 6.45) is 7.39. The second-order valence-electron chi connectivity index (χ2n) is 6.53. The summed E-state index contributed by atoms with van der Waals surface area (Å²) in [5.41, 5.74) is 0.